The van der Waals surface area contributed by atoms with Gasteiger partial charge in [-0.25, -0.2) is 0 Å². The number of hydrogen-bond acceptors (Lipinski definition) is 4. The molecule has 1 spiro atoms. The number of aliphatic imine (C=N–C) groups is 1. The molecule has 0 aromatic heterocycles. The highest BCUT2D eigenvalue weighted by Crippen LogP contribution is 2.51. The first-order valence-electron chi connectivity index (χ1n) is 7.24. The molecular formula is C14H25N3O. The van der Waals surface area contributed by atoms with Crippen molar-refractivity contribution in [3.63, 3.8) is 0 Å². The second-order valence-electron chi connectivity index (χ2n) is 6.69. The Kier molecular flexibility index (Phi) is 2.81. The Labute approximate surface area is 110 Å². The molecule has 3 aliphatic rings. The van der Waals surface area contributed by atoms with Crippen molar-refractivity contribution in [2.75, 3.05) is 19.7 Å². The second-order valence-corrected chi connectivity index (χ2v) is 6.69. The number of nitrogens with two attached hydrogens (primary N) is 1. The van der Waals surface area contributed by atoms with Gasteiger partial charge in [-0.05, 0) is 31.1 Å². The minimum Gasteiger partial charge on any atom is -0.376 e. The van der Waals surface area contributed by atoms with Gasteiger partial charge >= 0.3 is 0 Å². The summed E-state index contributed by atoms with van der Waals surface area (Å²) in [5.41, 5.74) is 6.61. The van der Waals surface area contributed by atoms with Crippen molar-refractivity contribution in [2.45, 2.75) is 57.6 Å². The van der Waals surface area contributed by atoms with E-state index in [2.05, 4.69) is 23.7 Å². The Morgan fingerprint density at radius 1 is 1.39 bits per heavy atom. The molecule has 0 amide bonds. The van der Waals surface area contributed by atoms with E-state index in [0.717, 1.165) is 25.7 Å². The third-order valence-corrected chi connectivity index (χ3v) is 5.36. The molecule has 102 valence electrons. The SMILES string of the molecule is CC1(C)CCCC12CN=C(N)N2CC1CCCO1. The van der Waals surface area contributed by atoms with Crippen LogP contribution >= 0.6 is 0 Å². The summed E-state index contributed by atoms with van der Waals surface area (Å²) in [5.74, 6) is 0.737. The molecule has 1 aliphatic carbocycles. The maximum atomic E-state index is 6.15. The molecule has 4 nitrogen and oxygen atoms in total. The molecule has 1 saturated carbocycles. The minimum atomic E-state index is 0.156. The van der Waals surface area contributed by atoms with Crippen molar-refractivity contribution < 1.29 is 4.74 Å². The van der Waals surface area contributed by atoms with Crippen LogP contribution in [0.15, 0.2) is 4.99 Å². The second kappa shape index (κ2) is 4.12. The van der Waals surface area contributed by atoms with Gasteiger partial charge in [0, 0.05) is 13.2 Å². The molecule has 2 atom stereocenters. The predicted molar refractivity (Wildman–Crippen MR) is 72.5 cm³/mol. The zero-order valence-corrected chi connectivity index (χ0v) is 11.6. The van der Waals surface area contributed by atoms with Gasteiger partial charge in [-0.3, -0.25) is 4.99 Å². The Balaban J connectivity index is 1.82. The van der Waals surface area contributed by atoms with Gasteiger partial charge < -0.3 is 15.4 Å². The lowest BCUT2D eigenvalue weighted by atomic mass is 9.74. The van der Waals surface area contributed by atoms with Gasteiger partial charge in [-0.2, -0.15) is 0 Å². The van der Waals surface area contributed by atoms with E-state index in [4.69, 9.17) is 10.5 Å². The summed E-state index contributed by atoms with van der Waals surface area (Å²) < 4.78 is 5.78. The van der Waals surface area contributed by atoms with E-state index in [0.29, 0.717) is 11.5 Å². The van der Waals surface area contributed by atoms with Gasteiger partial charge in [0.15, 0.2) is 5.96 Å². The largest absolute Gasteiger partial charge is 0.376 e. The van der Waals surface area contributed by atoms with Crippen LogP contribution in [0, 0.1) is 5.41 Å². The zero-order chi connectivity index (χ0) is 12.8. The lowest BCUT2D eigenvalue weighted by Crippen LogP contribution is -2.59. The molecule has 2 heterocycles. The maximum absolute atomic E-state index is 6.15. The third kappa shape index (κ3) is 1.65. The van der Waals surface area contributed by atoms with Gasteiger partial charge in [0.25, 0.3) is 0 Å². The first kappa shape index (κ1) is 12.3. The van der Waals surface area contributed by atoms with Crippen LogP contribution in [0.5, 0.6) is 0 Å². The summed E-state index contributed by atoms with van der Waals surface area (Å²) in [5, 5.41) is 0. The van der Waals surface area contributed by atoms with Crippen molar-refractivity contribution in [2.24, 2.45) is 16.1 Å². The molecule has 2 aliphatic heterocycles. The maximum Gasteiger partial charge on any atom is 0.191 e. The highest BCUT2D eigenvalue weighted by atomic mass is 16.5. The quantitative estimate of drug-likeness (QED) is 0.813. The van der Waals surface area contributed by atoms with E-state index < -0.39 is 0 Å². The third-order valence-electron chi connectivity index (χ3n) is 5.36. The molecule has 0 aromatic rings. The van der Waals surface area contributed by atoms with Crippen LogP contribution in [-0.4, -0.2) is 42.2 Å². The summed E-state index contributed by atoms with van der Waals surface area (Å²) in [6, 6.07) is 0. The van der Waals surface area contributed by atoms with Crippen molar-refractivity contribution in [3.05, 3.63) is 0 Å². The van der Waals surface area contributed by atoms with E-state index in [1.807, 2.05) is 0 Å². The summed E-state index contributed by atoms with van der Waals surface area (Å²) >= 11 is 0. The molecule has 0 radical (unpaired) electrons. The predicted octanol–water partition coefficient (Wildman–Crippen LogP) is 1.74. The van der Waals surface area contributed by atoms with Gasteiger partial charge in [0.1, 0.15) is 0 Å². The molecule has 4 heteroatoms. The first-order chi connectivity index (χ1) is 8.55. The van der Waals surface area contributed by atoms with E-state index in [1.54, 1.807) is 0 Å². The number of hydrogen-bond donors (Lipinski definition) is 1. The van der Waals surface area contributed by atoms with Crippen LogP contribution in [0.25, 0.3) is 0 Å². The van der Waals surface area contributed by atoms with E-state index in [1.165, 1.54) is 32.1 Å². The van der Waals surface area contributed by atoms with Gasteiger partial charge in [0.05, 0.1) is 18.2 Å². The average Bonchev–Trinajstić information content (AvgIpc) is 2.98. The number of rotatable bonds is 2. The highest BCUT2D eigenvalue weighted by Gasteiger charge is 2.55. The molecular weight excluding hydrogens is 226 g/mol. The Morgan fingerprint density at radius 3 is 2.83 bits per heavy atom. The van der Waals surface area contributed by atoms with Crippen molar-refractivity contribution in [3.8, 4) is 0 Å². The summed E-state index contributed by atoms with van der Waals surface area (Å²) in [6.07, 6.45) is 6.49. The van der Waals surface area contributed by atoms with E-state index in [9.17, 15) is 0 Å². The lowest BCUT2D eigenvalue weighted by molar-refractivity contribution is 0.0297. The summed E-state index contributed by atoms with van der Waals surface area (Å²) in [4.78, 5) is 6.93. The van der Waals surface area contributed by atoms with Crippen molar-refractivity contribution >= 4 is 5.96 Å². The van der Waals surface area contributed by atoms with Gasteiger partial charge in [-0.1, -0.05) is 20.3 Å². The van der Waals surface area contributed by atoms with Crippen LogP contribution in [0.2, 0.25) is 0 Å². The Bertz CT molecular complexity index is 360. The molecule has 3 rings (SSSR count). The normalized spacial score (nSPS) is 38.7. The number of ether oxygens (including phenoxy) is 1. The number of guanidine groups is 1. The highest BCUT2D eigenvalue weighted by molar-refractivity contribution is 5.81. The Hall–Kier alpha value is -0.770. The molecule has 2 N–H and O–H groups in total. The fourth-order valence-electron chi connectivity index (χ4n) is 4.05. The molecule has 0 bridgehead atoms. The van der Waals surface area contributed by atoms with Crippen molar-refractivity contribution in [1.82, 2.24) is 4.90 Å². The molecule has 2 fully saturated rings. The monoisotopic (exact) mass is 251 g/mol. The molecule has 2 unspecified atom stereocenters. The standard InChI is InChI=1S/C14H25N3O/c1-13(2)6-4-7-14(13)10-16-12(15)17(14)9-11-5-3-8-18-11/h11H,3-10H2,1-2H3,(H2,15,16). The van der Waals surface area contributed by atoms with E-state index in [-0.39, 0.29) is 5.54 Å². The molecule has 18 heavy (non-hydrogen) atoms. The smallest absolute Gasteiger partial charge is 0.191 e. The van der Waals surface area contributed by atoms with Crippen LogP contribution in [0.3, 0.4) is 0 Å². The summed E-state index contributed by atoms with van der Waals surface area (Å²) in [6.45, 7) is 7.45. The van der Waals surface area contributed by atoms with Gasteiger partial charge in [-0.15, -0.1) is 0 Å². The summed E-state index contributed by atoms with van der Waals surface area (Å²) in [7, 11) is 0. The molecule has 0 aromatic carbocycles. The zero-order valence-electron chi connectivity index (χ0n) is 11.6. The average molecular weight is 251 g/mol. The molecule has 1 saturated heterocycles. The lowest BCUT2D eigenvalue weighted by Gasteiger charge is -2.46. The van der Waals surface area contributed by atoms with Crippen LogP contribution in [0.4, 0.5) is 0 Å². The first-order valence-corrected chi connectivity index (χ1v) is 7.24. The topological polar surface area (TPSA) is 50.8 Å². The minimum absolute atomic E-state index is 0.156. The van der Waals surface area contributed by atoms with Crippen LogP contribution in [0.1, 0.15) is 46.0 Å². The van der Waals surface area contributed by atoms with E-state index >= 15 is 0 Å². The fourth-order valence-corrected chi connectivity index (χ4v) is 4.05. The van der Waals surface area contributed by atoms with Crippen LogP contribution < -0.4 is 5.73 Å². The fraction of sp³-hybridized carbons (Fsp3) is 0.929. The van der Waals surface area contributed by atoms with Crippen molar-refractivity contribution in [1.29, 1.82) is 0 Å². The number of nitrogens with zero attached hydrogens (tertiary/aromatic N) is 2. The van der Waals surface area contributed by atoms with Crippen LogP contribution in [-0.2, 0) is 4.74 Å². The van der Waals surface area contributed by atoms with Gasteiger partial charge in [0.2, 0.25) is 0 Å². The Morgan fingerprint density at radius 2 is 2.22 bits per heavy atom.